The van der Waals surface area contributed by atoms with E-state index in [0.29, 0.717) is 18.7 Å². The molecule has 2 atom stereocenters. The Morgan fingerprint density at radius 1 is 1.60 bits per heavy atom. The molecule has 0 spiro atoms. The van der Waals surface area contributed by atoms with Gasteiger partial charge in [-0.25, -0.2) is 8.42 Å². The largest absolute Gasteiger partial charge is 0.312 e. The van der Waals surface area contributed by atoms with Crippen molar-refractivity contribution in [3.8, 4) is 6.07 Å². The maximum Gasteiger partial charge on any atom is 0.154 e. The molecule has 0 amide bonds. The second-order valence-electron chi connectivity index (χ2n) is 4.01. The van der Waals surface area contributed by atoms with Gasteiger partial charge in [-0.15, -0.1) is 0 Å². The Morgan fingerprint density at radius 2 is 2.33 bits per heavy atom. The fourth-order valence-electron chi connectivity index (χ4n) is 1.86. The number of hydrogen-bond acceptors (Lipinski definition) is 4. The summed E-state index contributed by atoms with van der Waals surface area (Å²) in [5.41, 5.74) is 0. The van der Waals surface area contributed by atoms with Crippen LogP contribution in [0.2, 0.25) is 0 Å². The van der Waals surface area contributed by atoms with Crippen LogP contribution in [-0.2, 0) is 9.84 Å². The van der Waals surface area contributed by atoms with E-state index in [1.54, 1.807) is 0 Å². The molecule has 0 radical (unpaired) electrons. The number of nitrogens with zero attached hydrogens (tertiary/aromatic N) is 1. The van der Waals surface area contributed by atoms with Gasteiger partial charge >= 0.3 is 0 Å². The molecule has 1 aliphatic heterocycles. The molecule has 0 saturated carbocycles. The Balaban J connectivity index is 2.40. The van der Waals surface area contributed by atoms with Gasteiger partial charge in [0.1, 0.15) is 0 Å². The summed E-state index contributed by atoms with van der Waals surface area (Å²) in [4.78, 5) is 0. The molecule has 2 unspecified atom stereocenters. The van der Waals surface area contributed by atoms with Gasteiger partial charge in [0.2, 0.25) is 0 Å². The standard InChI is InChI=1S/C10H18N2O2S/c1-2-9(5-6-11)12-8-10-4-3-7-15(10,13)14/h9-10,12H,2-5,7-8H2,1H3. The van der Waals surface area contributed by atoms with Crippen LogP contribution in [0.15, 0.2) is 0 Å². The predicted molar refractivity (Wildman–Crippen MR) is 59.1 cm³/mol. The highest BCUT2D eigenvalue weighted by Crippen LogP contribution is 2.19. The molecule has 0 aromatic heterocycles. The smallest absolute Gasteiger partial charge is 0.154 e. The molecule has 0 aliphatic carbocycles. The van der Waals surface area contributed by atoms with E-state index in [0.717, 1.165) is 19.3 Å². The highest BCUT2D eigenvalue weighted by atomic mass is 32.2. The molecule has 15 heavy (non-hydrogen) atoms. The van der Waals surface area contributed by atoms with Crippen molar-refractivity contribution in [3.63, 3.8) is 0 Å². The first-order chi connectivity index (χ1) is 7.10. The van der Waals surface area contributed by atoms with Crippen LogP contribution >= 0.6 is 0 Å². The monoisotopic (exact) mass is 230 g/mol. The zero-order chi connectivity index (χ0) is 11.3. The molecular formula is C10H18N2O2S. The zero-order valence-corrected chi connectivity index (χ0v) is 9.89. The van der Waals surface area contributed by atoms with Gasteiger partial charge in [-0.05, 0) is 19.3 Å². The minimum atomic E-state index is -2.85. The number of rotatable bonds is 5. The summed E-state index contributed by atoms with van der Waals surface area (Å²) >= 11 is 0. The second-order valence-corrected chi connectivity index (χ2v) is 6.41. The van der Waals surface area contributed by atoms with Gasteiger partial charge in [0.25, 0.3) is 0 Å². The predicted octanol–water partition coefficient (Wildman–Crippen LogP) is 0.845. The molecule has 1 aliphatic rings. The van der Waals surface area contributed by atoms with Crippen LogP contribution in [0.5, 0.6) is 0 Å². The fraction of sp³-hybridized carbons (Fsp3) is 0.900. The Morgan fingerprint density at radius 3 is 2.80 bits per heavy atom. The lowest BCUT2D eigenvalue weighted by molar-refractivity contribution is 0.491. The normalized spacial score (nSPS) is 26.0. The van der Waals surface area contributed by atoms with Crippen molar-refractivity contribution in [2.24, 2.45) is 0 Å². The van der Waals surface area contributed by atoms with Gasteiger partial charge in [0.15, 0.2) is 9.84 Å². The van der Waals surface area contributed by atoms with Crippen molar-refractivity contribution in [2.45, 2.75) is 43.9 Å². The van der Waals surface area contributed by atoms with E-state index in [-0.39, 0.29) is 11.3 Å². The summed E-state index contributed by atoms with van der Waals surface area (Å²) in [5.74, 6) is 0.328. The van der Waals surface area contributed by atoms with Gasteiger partial charge in [0.05, 0.1) is 23.5 Å². The summed E-state index contributed by atoms with van der Waals surface area (Å²) < 4.78 is 23.0. The third-order valence-electron chi connectivity index (χ3n) is 2.93. The first-order valence-corrected chi connectivity index (χ1v) is 7.13. The summed E-state index contributed by atoms with van der Waals surface area (Å²) in [6.07, 6.45) is 2.85. The molecule has 1 saturated heterocycles. The molecule has 86 valence electrons. The summed E-state index contributed by atoms with van der Waals surface area (Å²) in [6, 6.07) is 2.23. The molecule has 4 nitrogen and oxygen atoms in total. The maximum atomic E-state index is 11.5. The van der Waals surface area contributed by atoms with Crippen LogP contribution < -0.4 is 5.32 Å². The van der Waals surface area contributed by atoms with Crippen LogP contribution in [0.4, 0.5) is 0 Å². The number of nitrogens with one attached hydrogen (secondary N) is 1. The lowest BCUT2D eigenvalue weighted by atomic mass is 10.1. The highest BCUT2D eigenvalue weighted by Gasteiger charge is 2.31. The summed E-state index contributed by atoms with van der Waals surface area (Å²) in [6.45, 7) is 2.50. The van der Waals surface area contributed by atoms with Gasteiger partial charge in [-0.3, -0.25) is 0 Å². The van der Waals surface area contributed by atoms with E-state index >= 15 is 0 Å². The summed E-state index contributed by atoms with van der Waals surface area (Å²) in [5, 5.41) is 11.5. The number of hydrogen-bond donors (Lipinski definition) is 1. The third kappa shape index (κ3) is 3.47. The van der Waals surface area contributed by atoms with Crippen LogP contribution in [0, 0.1) is 11.3 Å². The maximum absolute atomic E-state index is 11.5. The average Bonchev–Trinajstić information content (AvgIpc) is 2.52. The molecule has 0 aromatic rings. The molecule has 0 aromatic carbocycles. The second kappa shape index (κ2) is 5.47. The van der Waals surface area contributed by atoms with Crippen LogP contribution in [0.3, 0.4) is 0 Å². The molecule has 1 heterocycles. The summed E-state index contributed by atoms with van der Waals surface area (Å²) in [7, 11) is -2.85. The molecule has 1 rings (SSSR count). The third-order valence-corrected chi connectivity index (χ3v) is 5.20. The lowest BCUT2D eigenvalue weighted by Gasteiger charge is -2.16. The van der Waals surface area contributed by atoms with E-state index in [2.05, 4.69) is 11.4 Å². The Kier molecular flexibility index (Phi) is 4.55. The lowest BCUT2D eigenvalue weighted by Crippen LogP contribution is -2.37. The van der Waals surface area contributed by atoms with Crippen LogP contribution in [0.25, 0.3) is 0 Å². The number of sulfone groups is 1. The van der Waals surface area contributed by atoms with E-state index in [1.807, 2.05) is 6.92 Å². The first-order valence-electron chi connectivity index (χ1n) is 5.42. The van der Waals surface area contributed by atoms with E-state index in [1.165, 1.54) is 0 Å². The van der Waals surface area contributed by atoms with Crippen molar-refractivity contribution >= 4 is 9.84 Å². The van der Waals surface area contributed by atoms with Gasteiger partial charge in [-0.2, -0.15) is 5.26 Å². The molecule has 5 heteroatoms. The van der Waals surface area contributed by atoms with Crippen molar-refractivity contribution in [2.75, 3.05) is 12.3 Å². The van der Waals surface area contributed by atoms with Crippen molar-refractivity contribution in [1.82, 2.24) is 5.32 Å². The SMILES string of the molecule is CCC(CC#N)NCC1CCCS1(=O)=O. The minimum absolute atomic E-state index is 0.130. The fourth-order valence-corrected chi connectivity index (χ4v) is 3.63. The van der Waals surface area contributed by atoms with Crippen LogP contribution in [0.1, 0.15) is 32.6 Å². The minimum Gasteiger partial charge on any atom is -0.312 e. The molecule has 1 fully saturated rings. The van der Waals surface area contributed by atoms with Crippen molar-refractivity contribution in [1.29, 1.82) is 5.26 Å². The van der Waals surface area contributed by atoms with E-state index in [9.17, 15) is 8.42 Å². The zero-order valence-electron chi connectivity index (χ0n) is 9.07. The number of nitriles is 1. The van der Waals surface area contributed by atoms with Gasteiger partial charge in [-0.1, -0.05) is 6.92 Å². The van der Waals surface area contributed by atoms with Crippen LogP contribution in [-0.4, -0.2) is 32.0 Å². The Labute approximate surface area is 91.6 Å². The topological polar surface area (TPSA) is 70.0 Å². The highest BCUT2D eigenvalue weighted by molar-refractivity contribution is 7.92. The molecular weight excluding hydrogens is 212 g/mol. The van der Waals surface area contributed by atoms with Gasteiger partial charge < -0.3 is 5.32 Å². The molecule has 0 bridgehead atoms. The molecule has 1 N–H and O–H groups in total. The first kappa shape index (κ1) is 12.5. The van der Waals surface area contributed by atoms with E-state index in [4.69, 9.17) is 5.26 Å². The van der Waals surface area contributed by atoms with Gasteiger partial charge in [0, 0.05) is 12.6 Å². The Hall–Kier alpha value is -0.600. The average molecular weight is 230 g/mol. The van der Waals surface area contributed by atoms with Crippen molar-refractivity contribution < 1.29 is 8.42 Å². The van der Waals surface area contributed by atoms with E-state index < -0.39 is 9.84 Å². The quantitative estimate of drug-likeness (QED) is 0.760. The van der Waals surface area contributed by atoms with Crippen molar-refractivity contribution in [3.05, 3.63) is 0 Å². The Bertz CT molecular complexity index is 332.